The van der Waals surface area contributed by atoms with E-state index in [0.717, 1.165) is 60.4 Å². The molecule has 2 aliphatic rings. The fourth-order valence-corrected chi connectivity index (χ4v) is 5.67. The number of aromatic nitrogens is 2. The van der Waals surface area contributed by atoms with Gasteiger partial charge in [0.05, 0.1) is 16.3 Å². The Morgan fingerprint density at radius 1 is 1.06 bits per heavy atom. The van der Waals surface area contributed by atoms with E-state index >= 15 is 4.39 Å². The van der Waals surface area contributed by atoms with Crippen LogP contribution in [0.2, 0.25) is 0 Å². The van der Waals surface area contributed by atoms with Gasteiger partial charge in [-0.2, -0.15) is 0 Å². The largest absolute Gasteiger partial charge is 0.481 e. The van der Waals surface area contributed by atoms with Crippen LogP contribution in [0.3, 0.4) is 0 Å². The van der Waals surface area contributed by atoms with Crippen molar-refractivity contribution >= 4 is 34.1 Å². The number of aromatic amines is 1. The first-order chi connectivity index (χ1) is 16.4. The van der Waals surface area contributed by atoms with Gasteiger partial charge in [0.2, 0.25) is 0 Å². The van der Waals surface area contributed by atoms with Crippen molar-refractivity contribution in [2.45, 2.75) is 49.8 Å². The van der Waals surface area contributed by atoms with Crippen molar-refractivity contribution in [1.29, 1.82) is 0 Å². The van der Waals surface area contributed by atoms with Gasteiger partial charge in [-0.15, -0.1) is 0 Å². The molecule has 1 aromatic heterocycles. The zero-order valence-electron chi connectivity index (χ0n) is 18.9. The van der Waals surface area contributed by atoms with Crippen molar-refractivity contribution < 1.29 is 14.3 Å². The molecule has 3 aromatic rings. The second-order valence-electron chi connectivity index (χ2n) is 9.59. The van der Waals surface area contributed by atoms with Crippen LogP contribution in [0.15, 0.2) is 42.5 Å². The lowest BCUT2D eigenvalue weighted by molar-refractivity contribution is -0.138. The maximum atomic E-state index is 15.0. The maximum Gasteiger partial charge on any atom is 0.303 e. The molecule has 1 unspecified atom stereocenters. The van der Waals surface area contributed by atoms with Crippen LogP contribution in [0.4, 0.5) is 4.39 Å². The van der Waals surface area contributed by atoms with Gasteiger partial charge in [0.25, 0.3) is 0 Å². The first-order valence-electron chi connectivity index (χ1n) is 12.0. The summed E-state index contributed by atoms with van der Waals surface area (Å²) < 4.78 is 15.0. The van der Waals surface area contributed by atoms with Crippen LogP contribution in [0.25, 0.3) is 34.7 Å². The van der Waals surface area contributed by atoms with E-state index in [1.165, 1.54) is 5.56 Å². The number of rotatable bonds is 6. The van der Waals surface area contributed by atoms with Crippen LogP contribution in [0.1, 0.15) is 44.1 Å². The molecule has 2 N–H and O–H groups in total. The minimum absolute atomic E-state index is 0.274. The molecular formula is C28H28BrFN2O2. The van der Waals surface area contributed by atoms with Crippen molar-refractivity contribution in [3.63, 3.8) is 0 Å². The van der Waals surface area contributed by atoms with Crippen LogP contribution in [0.5, 0.6) is 0 Å². The lowest BCUT2D eigenvalue weighted by atomic mass is 9.78. The van der Waals surface area contributed by atoms with Crippen LogP contribution < -0.4 is 10.7 Å². The highest BCUT2D eigenvalue weighted by molar-refractivity contribution is 9.09. The molecule has 6 heteroatoms. The Morgan fingerprint density at radius 2 is 1.76 bits per heavy atom. The van der Waals surface area contributed by atoms with Crippen molar-refractivity contribution in [2.24, 2.45) is 11.8 Å². The SMILES string of the molecule is O=C(O)CC1CCC(Cc2ccc(-c3ccc(-c4nc5c([nH]4)=CC(Br)CC=5)c(F)c3)cc2)CC1. The van der Waals surface area contributed by atoms with Gasteiger partial charge in [-0.25, -0.2) is 9.37 Å². The molecule has 1 heterocycles. The summed E-state index contributed by atoms with van der Waals surface area (Å²) in [6.07, 6.45) is 10.5. The van der Waals surface area contributed by atoms with Gasteiger partial charge < -0.3 is 10.1 Å². The Hall–Kier alpha value is -2.73. The number of aliphatic carboxylic acids is 1. The Bertz CT molecular complexity index is 1310. The number of H-pyrrole nitrogens is 1. The van der Waals surface area contributed by atoms with Gasteiger partial charge in [-0.3, -0.25) is 4.79 Å². The summed E-state index contributed by atoms with van der Waals surface area (Å²) in [5.41, 5.74) is 3.58. The van der Waals surface area contributed by atoms with Crippen LogP contribution >= 0.6 is 15.9 Å². The maximum absolute atomic E-state index is 15.0. The van der Waals surface area contributed by atoms with E-state index in [4.69, 9.17) is 5.11 Å². The molecule has 0 spiro atoms. The van der Waals surface area contributed by atoms with E-state index in [1.54, 1.807) is 12.1 Å². The molecule has 5 rings (SSSR count). The van der Waals surface area contributed by atoms with E-state index in [9.17, 15) is 4.79 Å². The standard InChI is InChI=1S/C28H28BrFN2O2/c29-22-10-12-25-26(16-22)32-28(31-25)23-11-9-21(15-24(23)30)20-7-5-18(6-8-20)13-17-1-3-19(4-2-17)14-27(33)34/h5-9,11-12,15-17,19,22H,1-4,10,13-14H2,(H,31,32)(H,33,34). The molecule has 0 aliphatic heterocycles. The number of hydrogen-bond acceptors (Lipinski definition) is 2. The molecule has 1 saturated carbocycles. The van der Waals surface area contributed by atoms with Gasteiger partial charge in [-0.1, -0.05) is 52.3 Å². The number of carbonyl (C=O) groups is 1. The van der Waals surface area contributed by atoms with Gasteiger partial charge in [0.15, 0.2) is 0 Å². The molecule has 2 aliphatic carbocycles. The van der Waals surface area contributed by atoms with Gasteiger partial charge in [0, 0.05) is 11.2 Å². The molecular weight excluding hydrogens is 495 g/mol. The number of hydrogen-bond donors (Lipinski definition) is 2. The third kappa shape index (κ3) is 5.17. The Morgan fingerprint density at radius 3 is 2.47 bits per heavy atom. The number of alkyl halides is 1. The number of imidazole rings is 1. The number of benzene rings is 2. The number of halogens is 2. The fourth-order valence-electron chi connectivity index (χ4n) is 5.22. The lowest BCUT2D eigenvalue weighted by Gasteiger charge is -2.27. The summed E-state index contributed by atoms with van der Waals surface area (Å²) in [5.74, 6) is 0.522. The second-order valence-corrected chi connectivity index (χ2v) is 10.8. The van der Waals surface area contributed by atoms with E-state index in [-0.39, 0.29) is 10.6 Å². The summed E-state index contributed by atoms with van der Waals surface area (Å²) in [7, 11) is 0. The predicted octanol–water partition coefficient (Wildman–Crippen LogP) is 5.43. The van der Waals surface area contributed by atoms with E-state index < -0.39 is 5.97 Å². The fraction of sp³-hybridized carbons (Fsp3) is 0.357. The predicted molar refractivity (Wildman–Crippen MR) is 136 cm³/mol. The third-order valence-corrected chi connectivity index (χ3v) is 7.75. The topological polar surface area (TPSA) is 66.0 Å². The zero-order valence-corrected chi connectivity index (χ0v) is 20.5. The average molecular weight is 523 g/mol. The highest BCUT2D eigenvalue weighted by Crippen LogP contribution is 2.33. The molecule has 4 nitrogen and oxygen atoms in total. The molecule has 1 fully saturated rings. The van der Waals surface area contributed by atoms with Crippen LogP contribution in [-0.4, -0.2) is 25.9 Å². The lowest BCUT2D eigenvalue weighted by Crippen LogP contribution is -2.29. The molecule has 0 bridgehead atoms. The molecule has 0 saturated heterocycles. The normalized spacial score (nSPS) is 21.9. The molecule has 0 radical (unpaired) electrons. The summed E-state index contributed by atoms with van der Waals surface area (Å²) in [6, 6.07) is 13.7. The van der Waals surface area contributed by atoms with Gasteiger partial charge >= 0.3 is 5.97 Å². The minimum Gasteiger partial charge on any atom is -0.481 e. The first kappa shape index (κ1) is 23.0. The summed E-state index contributed by atoms with van der Waals surface area (Å²) in [6.45, 7) is 0. The smallest absolute Gasteiger partial charge is 0.303 e. The number of fused-ring (bicyclic) bond motifs is 1. The Balaban J connectivity index is 1.26. The van der Waals surface area contributed by atoms with E-state index in [0.29, 0.717) is 29.6 Å². The Kier molecular flexibility index (Phi) is 6.68. The Labute approximate surface area is 206 Å². The first-order valence-corrected chi connectivity index (χ1v) is 12.9. The molecule has 1 atom stereocenters. The number of nitrogens with one attached hydrogen (secondary N) is 1. The third-order valence-electron chi connectivity index (χ3n) is 7.11. The highest BCUT2D eigenvalue weighted by Gasteiger charge is 2.23. The minimum atomic E-state index is -0.684. The zero-order chi connectivity index (χ0) is 23.7. The monoisotopic (exact) mass is 522 g/mol. The van der Waals surface area contributed by atoms with Crippen molar-refractivity contribution in [2.75, 3.05) is 0 Å². The highest BCUT2D eigenvalue weighted by atomic mass is 79.9. The van der Waals surface area contributed by atoms with Gasteiger partial charge in [-0.05, 0) is 85.3 Å². The van der Waals surface area contributed by atoms with Crippen LogP contribution in [0, 0.1) is 17.7 Å². The number of carboxylic acids is 1. The van der Waals surface area contributed by atoms with Crippen molar-refractivity contribution in [3.8, 4) is 22.5 Å². The van der Waals surface area contributed by atoms with Crippen LogP contribution in [-0.2, 0) is 11.2 Å². The number of nitrogens with zero attached hydrogens (tertiary/aromatic N) is 1. The van der Waals surface area contributed by atoms with Crippen molar-refractivity contribution in [3.05, 3.63) is 64.5 Å². The molecule has 176 valence electrons. The second kappa shape index (κ2) is 9.87. The summed E-state index contributed by atoms with van der Waals surface area (Å²) in [5, 5.41) is 10.8. The average Bonchev–Trinajstić information content (AvgIpc) is 3.23. The van der Waals surface area contributed by atoms with E-state index in [1.807, 2.05) is 6.07 Å². The number of carboxylic acid groups (broad SMARTS) is 1. The quantitative estimate of drug-likeness (QED) is 0.424. The van der Waals surface area contributed by atoms with E-state index in [2.05, 4.69) is 62.3 Å². The summed E-state index contributed by atoms with van der Waals surface area (Å²) >= 11 is 3.59. The van der Waals surface area contributed by atoms with Crippen molar-refractivity contribution in [1.82, 2.24) is 9.97 Å². The molecule has 34 heavy (non-hydrogen) atoms. The summed E-state index contributed by atoms with van der Waals surface area (Å²) in [4.78, 5) is 19.0. The molecule has 2 aromatic carbocycles. The van der Waals surface area contributed by atoms with Gasteiger partial charge in [0.1, 0.15) is 11.6 Å². The molecule has 0 amide bonds.